The monoisotopic (exact) mass is 382 g/mol. The van der Waals surface area contributed by atoms with Gasteiger partial charge in [0, 0.05) is 12.0 Å². The minimum absolute atomic E-state index is 0.0863. The van der Waals surface area contributed by atoms with Crippen LogP contribution in [0.3, 0.4) is 0 Å². The van der Waals surface area contributed by atoms with E-state index in [1.807, 2.05) is 30.3 Å². The van der Waals surface area contributed by atoms with E-state index in [-0.39, 0.29) is 24.6 Å². The molecular weight excluding hydrogens is 352 g/mol. The molecule has 2 bridgehead atoms. The molecular formula is C24H30O4. The van der Waals surface area contributed by atoms with Crippen LogP contribution in [0, 0.1) is 29.6 Å². The van der Waals surface area contributed by atoms with Gasteiger partial charge in [0.25, 0.3) is 0 Å². The number of benzene rings is 1. The Morgan fingerprint density at radius 3 is 2.61 bits per heavy atom. The molecule has 0 aliphatic heterocycles. The Kier molecular flexibility index (Phi) is 5.84. The van der Waals surface area contributed by atoms with E-state index in [1.54, 1.807) is 0 Å². The molecule has 0 N–H and O–H groups in total. The van der Waals surface area contributed by atoms with Crippen molar-refractivity contribution in [1.82, 2.24) is 0 Å². The van der Waals surface area contributed by atoms with Crippen molar-refractivity contribution in [1.29, 1.82) is 0 Å². The van der Waals surface area contributed by atoms with Crippen molar-refractivity contribution in [3.05, 3.63) is 48.0 Å². The first-order valence-corrected chi connectivity index (χ1v) is 10.7. The minimum atomic E-state index is -0.512. The average Bonchev–Trinajstić information content (AvgIpc) is 3.40. The molecule has 1 aromatic rings. The smallest absolute Gasteiger partial charge is 0.334 e. The van der Waals surface area contributed by atoms with Crippen molar-refractivity contribution in [3.8, 4) is 0 Å². The quantitative estimate of drug-likeness (QED) is 0.496. The maximum atomic E-state index is 12.2. The molecule has 3 fully saturated rings. The van der Waals surface area contributed by atoms with Crippen LogP contribution in [-0.2, 0) is 25.5 Å². The summed E-state index contributed by atoms with van der Waals surface area (Å²) in [7, 11) is 0. The summed E-state index contributed by atoms with van der Waals surface area (Å²) in [6.07, 6.45) is 7.25. The number of hydrogen-bond acceptors (Lipinski definition) is 4. The van der Waals surface area contributed by atoms with Gasteiger partial charge in [-0.15, -0.1) is 0 Å². The number of ether oxygens (including phenoxy) is 2. The molecule has 4 nitrogen and oxygen atoms in total. The number of fused-ring (bicyclic) bond motifs is 5. The van der Waals surface area contributed by atoms with Gasteiger partial charge in [-0.3, -0.25) is 4.79 Å². The van der Waals surface area contributed by atoms with E-state index in [9.17, 15) is 9.59 Å². The summed E-state index contributed by atoms with van der Waals surface area (Å²) in [6.45, 7) is 4.49. The summed E-state index contributed by atoms with van der Waals surface area (Å²) >= 11 is 0. The second-order valence-electron chi connectivity index (χ2n) is 8.75. The molecule has 5 atom stereocenters. The molecule has 150 valence electrons. The topological polar surface area (TPSA) is 52.6 Å². The Balaban J connectivity index is 1.15. The molecule has 0 radical (unpaired) electrons. The summed E-state index contributed by atoms with van der Waals surface area (Å²) in [5.41, 5.74) is 1.28. The van der Waals surface area contributed by atoms with Gasteiger partial charge in [0.05, 0.1) is 19.6 Å². The first-order valence-electron chi connectivity index (χ1n) is 10.7. The van der Waals surface area contributed by atoms with Crippen LogP contribution in [0.25, 0.3) is 0 Å². The Bertz CT molecular complexity index is 725. The zero-order valence-electron chi connectivity index (χ0n) is 16.5. The van der Waals surface area contributed by atoms with Crippen LogP contribution in [-0.4, -0.2) is 25.2 Å². The van der Waals surface area contributed by atoms with Crippen molar-refractivity contribution in [2.45, 2.75) is 44.9 Å². The zero-order chi connectivity index (χ0) is 19.5. The largest absolute Gasteiger partial charge is 0.465 e. The third-order valence-corrected chi connectivity index (χ3v) is 7.14. The van der Waals surface area contributed by atoms with Gasteiger partial charge < -0.3 is 9.47 Å². The number of esters is 2. The van der Waals surface area contributed by atoms with Gasteiger partial charge in [-0.05, 0) is 60.8 Å². The molecule has 3 aliphatic rings. The van der Waals surface area contributed by atoms with Gasteiger partial charge in [-0.25, -0.2) is 4.79 Å². The number of hydrogen-bond donors (Lipinski definition) is 0. The van der Waals surface area contributed by atoms with E-state index in [2.05, 4.69) is 6.58 Å². The van der Waals surface area contributed by atoms with Gasteiger partial charge in [0.1, 0.15) is 0 Å². The van der Waals surface area contributed by atoms with Crippen LogP contribution < -0.4 is 0 Å². The molecule has 4 heteroatoms. The van der Waals surface area contributed by atoms with E-state index in [0.717, 1.165) is 29.2 Å². The molecule has 4 rings (SSSR count). The Morgan fingerprint density at radius 2 is 1.79 bits per heavy atom. The van der Waals surface area contributed by atoms with Crippen LogP contribution in [0.4, 0.5) is 0 Å². The van der Waals surface area contributed by atoms with Gasteiger partial charge in [-0.1, -0.05) is 43.3 Å². The summed E-state index contributed by atoms with van der Waals surface area (Å²) in [5.74, 6) is 3.06. The Hall–Kier alpha value is -2.10. The molecule has 3 saturated carbocycles. The van der Waals surface area contributed by atoms with Crippen molar-refractivity contribution in [2.75, 3.05) is 13.2 Å². The van der Waals surface area contributed by atoms with Crippen LogP contribution in [0.1, 0.15) is 44.1 Å². The molecule has 28 heavy (non-hydrogen) atoms. The van der Waals surface area contributed by atoms with Gasteiger partial charge in [0.15, 0.2) is 0 Å². The lowest BCUT2D eigenvalue weighted by Gasteiger charge is -2.31. The standard InChI is InChI=1S/C24H30O4/c1-16(24(26)27-11-10-17-6-3-2-4-7-17)12-23(25)28-15-19-13-18-14-22(19)21-9-5-8-20(18)21/h2-4,6-7,18-22H,1,5,8-15H2. The normalized spacial score (nSPS) is 30.1. The number of rotatable bonds is 8. The highest BCUT2D eigenvalue weighted by Crippen LogP contribution is 2.60. The van der Waals surface area contributed by atoms with Crippen molar-refractivity contribution in [3.63, 3.8) is 0 Å². The molecule has 0 aromatic heterocycles. The lowest BCUT2D eigenvalue weighted by atomic mass is 9.76. The second kappa shape index (κ2) is 8.50. The van der Waals surface area contributed by atoms with E-state index in [4.69, 9.17) is 9.47 Å². The van der Waals surface area contributed by atoms with Crippen molar-refractivity contribution in [2.24, 2.45) is 29.6 Å². The van der Waals surface area contributed by atoms with E-state index in [0.29, 0.717) is 18.9 Å². The maximum Gasteiger partial charge on any atom is 0.334 e. The highest BCUT2D eigenvalue weighted by molar-refractivity contribution is 5.93. The van der Waals surface area contributed by atoms with Crippen LogP contribution in [0.15, 0.2) is 42.5 Å². The fourth-order valence-corrected chi connectivity index (χ4v) is 5.91. The Morgan fingerprint density at radius 1 is 1.00 bits per heavy atom. The lowest BCUT2D eigenvalue weighted by molar-refractivity contribution is -0.147. The first kappa shape index (κ1) is 19.2. The molecule has 0 spiro atoms. The molecule has 0 heterocycles. The Labute approximate surface area is 167 Å². The van der Waals surface area contributed by atoms with Crippen LogP contribution >= 0.6 is 0 Å². The van der Waals surface area contributed by atoms with E-state index in [1.165, 1.54) is 32.1 Å². The third kappa shape index (κ3) is 4.16. The van der Waals surface area contributed by atoms with E-state index < -0.39 is 5.97 Å². The second-order valence-corrected chi connectivity index (χ2v) is 8.75. The molecule has 3 aliphatic carbocycles. The highest BCUT2D eigenvalue weighted by atomic mass is 16.5. The summed E-state index contributed by atoms with van der Waals surface area (Å²) in [6, 6.07) is 9.84. The molecule has 1 aromatic carbocycles. The lowest BCUT2D eigenvalue weighted by Crippen LogP contribution is -2.28. The maximum absolute atomic E-state index is 12.2. The summed E-state index contributed by atoms with van der Waals surface area (Å²) in [4.78, 5) is 24.2. The predicted octanol–water partition coefficient (Wildman–Crippen LogP) is 4.33. The van der Waals surface area contributed by atoms with Crippen LogP contribution in [0.2, 0.25) is 0 Å². The predicted molar refractivity (Wildman–Crippen MR) is 106 cm³/mol. The summed E-state index contributed by atoms with van der Waals surface area (Å²) < 4.78 is 10.7. The van der Waals surface area contributed by atoms with Crippen molar-refractivity contribution >= 4 is 11.9 Å². The van der Waals surface area contributed by atoms with Gasteiger partial charge in [-0.2, -0.15) is 0 Å². The third-order valence-electron chi connectivity index (χ3n) is 7.14. The number of carbonyl (C=O) groups excluding carboxylic acids is 2. The highest BCUT2D eigenvalue weighted by Gasteiger charge is 2.53. The van der Waals surface area contributed by atoms with Gasteiger partial charge in [0.2, 0.25) is 0 Å². The molecule has 0 saturated heterocycles. The fourth-order valence-electron chi connectivity index (χ4n) is 5.91. The summed E-state index contributed by atoms with van der Waals surface area (Å²) in [5, 5.41) is 0. The number of carbonyl (C=O) groups is 2. The fraction of sp³-hybridized carbons (Fsp3) is 0.583. The molecule has 0 amide bonds. The first-order chi connectivity index (χ1) is 13.6. The van der Waals surface area contributed by atoms with Gasteiger partial charge >= 0.3 is 11.9 Å². The SMILES string of the molecule is C=C(CC(=O)OCC1CC2CC1C1CCCC21)C(=O)OCCc1ccccc1. The van der Waals surface area contributed by atoms with E-state index >= 15 is 0 Å². The van der Waals surface area contributed by atoms with Crippen molar-refractivity contribution < 1.29 is 19.1 Å². The van der Waals surface area contributed by atoms with Crippen LogP contribution in [0.5, 0.6) is 0 Å². The average molecular weight is 383 g/mol. The zero-order valence-corrected chi connectivity index (χ0v) is 16.5. The molecule has 5 unspecified atom stereocenters. The minimum Gasteiger partial charge on any atom is -0.465 e.